The first-order chi connectivity index (χ1) is 8.48. The van der Waals surface area contributed by atoms with Crippen LogP contribution in [0.15, 0.2) is 12.1 Å². The van der Waals surface area contributed by atoms with E-state index < -0.39 is 0 Å². The van der Waals surface area contributed by atoms with Crippen molar-refractivity contribution in [3.05, 3.63) is 28.3 Å². The average molecular weight is 268 g/mol. The molecule has 0 amide bonds. The van der Waals surface area contributed by atoms with Crippen LogP contribution in [-0.2, 0) is 5.54 Å². The number of rotatable bonds is 3. The first-order valence-electron chi connectivity index (χ1n) is 6.65. The molecule has 1 fully saturated rings. The van der Waals surface area contributed by atoms with Crippen LogP contribution in [0, 0.1) is 0 Å². The van der Waals surface area contributed by atoms with Gasteiger partial charge in [-0.15, -0.1) is 0 Å². The first kappa shape index (κ1) is 13.7. The Kier molecular flexibility index (Phi) is 3.88. The zero-order chi connectivity index (χ0) is 13.3. The molecular weight excluding hydrogens is 246 g/mol. The summed E-state index contributed by atoms with van der Waals surface area (Å²) in [4.78, 5) is 0. The van der Waals surface area contributed by atoms with Crippen LogP contribution in [-0.4, -0.2) is 7.11 Å². The van der Waals surface area contributed by atoms with Gasteiger partial charge in [0.1, 0.15) is 5.75 Å². The van der Waals surface area contributed by atoms with Gasteiger partial charge in [-0.25, -0.2) is 0 Å². The number of ether oxygens (including phenoxy) is 1. The molecule has 18 heavy (non-hydrogen) atoms. The summed E-state index contributed by atoms with van der Waals surface area (Å²) in [5.74, 6) is 1.19. The molecule has 3 heteroatoms. The Bertz CT molecular complexity index is 436. The van der Waals surface area contributed by atoms with E-state index in [1.54, 1.807) is 7.11 Å². The van der Waals surface area contributed by atoms with Crippen molar-refractivity contribution in [3.63, 3.8) is 0 Å². The van der Waals surface area contributed by atoms with Crippen LogP contribution in [0.2, 0.25) is 5.02 Å². The molecule has 100 valence electrons. The normalized spacial score (nSPS) is 18.3. The maximum absolute atomic E-state index is 6.53. The van der Waals surface area contributed by atoms with Crippen LogP contribution in [0.25, 0.3) is 0 Å². The summed E-state index contributed by atoms with van der Waals surface area (Å²) in [6.45, 7) is 4.34. The quantitative estimate of drug-likeness (QED) is 0.891. The number of methoxy groups -OCH3 is 1. The van der Waals surface area contributed by atoms with Gasteiger partial charge in [-0.05, 0) is 36.0 Å². The van der Waals surface area contributed by atoms with Crippen molar-refractivity contribution in [2.75, 3.05) is 7.11 Å². The van der Waals surface area contributed by atoms with Crippen LogP contribution < -0.4 is 10.5 Å². The average Bonchev–Trinajstić information content (AvgIpc) is 2.77. The SMILES string of the molecule is COc1cc(C(C)C)cc(C2(N)CCCC2)c1Cl. The van der Waals surface area contributed by atoms with Gasteiger partial charge in [0.15, 0.2) is 0 Å². The van der Waals surface area contributed by atoms with Gasteiger partial charge >= 0.3 is 0 Å². The summed E-state index contributed by atoms with van der Waals surface area (Å²) < 4.78 is 5.39. The topological polar surface area (TPSA) is 35.2 Å². The van der Waals surface area contributed by atoms with E-state index in [1.807, 2.05) is 6.07 Å². The van der Waals surface area contributed by atoms with Crippen molar-refractivity contribution < 1.29 is 4.74 Å². The largest absolute Gasteiger partial charge is 0.495 e. The molecule has 0 aliphatic heterocycles. The minimum absolute atomic E-state index is 0.269. The van der Waals surface area contributed by atoms with Gasteiger partial charge in [-0.3, -0.25) is 0 Å². The van der Waals surface area contributed by atoms with Crippen molar-refractivity contribution in [2.24, 2.45) is 5.73 Å². The molecule has 2 nitrogen and oxygen atoms in total. The van der Waals surface area contributed by atoms with Crippen molar-refractivity contribution in [1.82, 2.24) is 0 Å². The highest BCUT2D eigenvalue weighted by Gasteiger charge is 2.34. The second-order valence-corrected chi connectivity index (χ2v) is 5.98. The summed E-state index contributed by atoms with van der Waals surface area (Å²) in [7, 11) is 1.66. The Morgan fingerprint density at radius 2 is 1.89 bits per heavy atom. The third kappa shape index (κ3) is 2.36. The van der Waals surface area contributed by atoms with Crippen molar-refractivity contribution in [2.45, 2.75) is 51.0 Å². The first-order valence-corrected chi connectivity index (χ1v) is 7.02. The summed E-state index contributed by atoms with van der Waals surface area (Å²) in [6, 6.07) is 4.19. The van der Waals surface area contributed by atoms with Crippen LogP contribution in [0.5, 0.6) is 5.75 Å². The van der Waals surface area contributed by atoms with E-state index in [1.165, 1.54) is 18.4 Å². The highest BCUT2D eigenvalue weighted by atomic mass is 35.5. The summed E-state index contributed by atoms with van der Waals surface area (Å²) in [5, 5.41) is 0.686. The van der Waals surface area contributed by atoms with Crippen molar-refractivity contribution in [3.8, 4) is 5.75 Å². The fourth-order valence-corrected chi connectivity index (χ4v) is 3.11. The molecule has 1 aromatic carbocycles. The number of benzene rings is 1. The van der Waals surface area contributed by atoms with Crippen LogP contribution in [0.3, 0.4) is 0 Å². The lowest BCUT2D eigenvalue weighted by Gasteiger charge is -2.27. The predicted molar refractivity (Wildman–Crippen MR) is 76.4 cm³/mol. The molecule has 2 rings (SSSR count). The summed E-state index contributed by atoms with van der Waals surface area (Å²) in [6.07, 6.45) is 4.39. The molecule has 0 spiro atoms. The maximum atomic E-state index is 6.53. The molecule has 0 radical (unpaired) electrons. The molecular formula is C15H22ClNO. The Balaban J connectivity index is 2.54. The maximum Gasteiger partial charge on any atom is 0.138 e. The predicted octanol–water partition coefficient (Wildman–Crippen LogP) is 4.20. The lowest BCUT2D eigenvalue weighted by atomic mass is 9.86. The molecule has 0 bridgehead atoms. The third-order valence-electron chi connectivity index (χ3n) is 3.98. The minimum Gasteiger partial charge on any atom is -0.495 e. The Hall–Kier alpha value is -0.730. The van der Waals surface area contributed by atoms with Crippen molar-refractivity contribution in [1.29, 1.82) is 0 Å². The molecule has 0 unspecified atom stereocenters. The number of halogens is 1. The standard InChI is InChI=1S/C15H22ClNO/c1-10(2)11-8-12(14(16)13(9-11)18-3)15(17)6-4-5-7-15/h8-10H,4-7,17H2,1-3H3. The van der Waals surface area contributed by atoms with Crippen LogP contribution in [0.4, 0.5) is 0 Å². The monoisotopic (exact) mass is 267 g/mol. The molecule has 0 aromatic heterocycles. The van der Waals surface area contributed by atoms with E-state index in [-0.39, 0.29) is 5.54 Å². The van der Waals surface area contributed by atoms with Crippen LogP contribution >= 0.6 is 11.6 Å². The smallest absolute Gasteiger partial charge is 0.138 e. The van der Waals surface area contributed by atoms with Gasteiger partial charge in [0.25, 0.3) is 0 Å². The van der Waals surface area contributed by atoms with E-state index in [0.29, 0.717) is 10.9 Å². The van der Waals surface area contributed by atoms with Crippen molar-refractivity contribution >= 4 is 11.6 Å². The number of nitrogens with two attached hydrogens (primary N) is 1. The Labute approximate surface area is 114 Å². The molecule has 1 aromatic rings. The number of hydrogen-bond acceptors (Lipinski definition) is 2. The molecule has 0 saturated heterocycles. The zero-order valence-electron chi connectivity index (χ0n) is 11.4. The number of hydrogen-bond donors (Lipinski definition) is 1. The van der Waals surface area contributed by atoms with Gasteiger partial charge in [-0.2, -0.15) is 0 Å². The van der Waals surface area contributed by atoms with E-state index in [2.05, 4.69) is 19.9 Å². The molecule has 0 atom stereocenters. The van der Waals surface area contributed by atoms with Gasteiger partial charge in [0.05, 0.1) is 12.1 Å². The Morgan fingerprint density at radius 1 is 1.28 bits per heavy atom. The summed E-state index contributed by atoms with van der Waals surface area (Å²) >= 11 is 6.45. The minimum atomic E-state index is -0.269. The fourth-order valence-electron chi connectivity index (χ4n) is 2.74. The van der Waals surface area contributed by atoms with E-state index in [4.69, 9.17) is 22.1 Å². The molecule has 1 aliphatic rings. The molecule has 0 heterocycles. The lowest BCUT2D eigenvalue weighted by molar-refractivity contribution is 0.407. The summed E-state index contributed by atoms with van der Waals surface area (Å²) in [5.41, 5.74) is 8.56. The van der Waals surface area contributed by atoms with E-state index >= 15 is 0 Å². The molecule has 1 aliphatic carbocycles. The third-order valence-corrected chi connectivity index (χ3v) is 4.37. The second-order valence-electron chi connectivity index (χ2n) is 5.60. The van der Waals surface area contributed by atoms with Crippen LogP contribution in [0.1, 0.15) is 56.6 Å². The molecule has 1 saturated carbocycles. The van der Waals surface area contributed by atoms with Gasteiger partial charge < -0.3 is 10.5 Å². The van der Waals surface area contributed by atoms with Gasteiger partial charge in [-0.1, -0.05) is 44.4 Å². The second kappa shape index (κ2) is 5.10. The fraction of sp³-hybridized carbons (Fsp3) is 0.600. The van der Waals surface area contributed by atoms with E-state index in [9.17, 15) is 0 Å². The molecule has 2 N–H and O–H groups in total. The highest BCUT2D eigenvalue weighted by molar-refractivity contribution is 6.33. The van der Waals surface area contributed by atoms with E-state index in [0.717, 1.165) is 24.2 Å². The lowest BCUT2D eigenvalue weighted by Crippen LogP contribution is -2.33. The Morgan fingerprint density at radius 3 is 2.39 bits per heavy atom. The van der Waals surface area contributed by atoms with Gasteiger partial charge in [0, 0.05) is 5.54 Å². The zero-order valence-corrected chi connectivity index (χ0v) is 12.2. The van der Waals surface area contributed by atoms with Gasteiger partial charge in [0.2, 0.25) is 0 Å². The highest BCUT2D eigenvalue weighted by Crippen LogP contribution is 2.43.